The van der Waals surface area contributed by atoms with Crippen LogP contribution in [0.15, 0.2) is 36.5 Å². The number of carbonyl (C=O) groups is 2. The molecule has 0 radical (unpaired) electrons. The molecule has 2 aromatic rings. The topological polar surface area (TPSA) is 65.5 Å². The predicted molar refractivity (Wildman–Crippen MR) is 98.1 cm³/mol. The monoisotopic (exact) mass is 376 g/mol. The van der Waals surface area contributed by atoms with E-state index in [2.05, 4.69) is 15.2 Å². The van der Waals surface area contributed by atoms with Gasteiger partial charge in [-0.2, -0.15) is 0 Å². The first-order valence-electron chi connectivity index (χ1n) is 8.17. The molecule has 3 rings (SSSR count). The number of carbonyl (C=O) groups excluding carboxylic acids is 2. The highest BCUT2D eigenvalue weighted by Crippen LogP contribution is 2.20. The average molecular weight is 377 g/mol. The van der Waals surface area contributed by atoms with Crippen LogP contribution >= 0.6 is 11.6 Å². The van der Waals surface area contributed by atoms with Gasteiger partial charge in [0.2, 0.25) is 5.91 Å². The number of amides is 2. The van der Waals surface area contributed by atoms with Crippen LogP contribution in [0.3, 0.4) is 0 Å². The summed E-state index contributed by atoms with van der Waals surface area (Å²) >= 11 is 5.71. The summed E-state index contributed by atoms with van der Waals surface area (Å²) in [6, 6.07) is 7.42. The van der Waals surface area contributed by atoms with Crippen molar-refractivity contribution in [3.63, 3.8) is 0 Å². The van der Waals surface area contributed by atoms with Gasteiger partial charge in [0.05, 0.1) is 16.9 Å². The summed E-state index contributed by atoms with van der Waals surface area (Å²) in [4.78, 5) is 31.7. The molecule has 0 bridgehead atoms. The second-order valence-electron chi connectivity index (χ2n) is 5.98. The molecule has 0 atom stereocenters. The largest absolute Gasteiger partial charge is 0.367 e. The minimum Gasteiger partial charge on any atom is -0.367 e. The quantitative estimate of drug-likeness (QED) is 0.894. The smallest absolute Gasteiger partial charge is 0.274 e. The minimum absolute atomic E-state index is 0.0594. The van der Waals surface area contributed by atoms with Gasteiger partial charge in [-0.05, 0) is 30.3 Å². The third-order valence-corrected chi connectivity index (χ3v) is 4.54. The number of hydrogen-bond donors (Lipinski definition) is 1. The summed E-state index contributed by atoms with van der Waals surface area (Å²) in [6.45, 7) is 4.35. The average Bonchev–Trinajstić information content (AvgIpc) is 2.65. The number of nitrogens with zero attached hydrogens (tertiary/aromatic N) is 3. The Morgan fingerprint density at radius 2 is 1.88 bits per heavy atom. The van der Waals surface area contributed by atoms with Gasteiger partial charge < -0.3 is 15.1 Å². The molecule has 136 valence electrons. The maximum absolute atomic E-state index is 13.2. The molecule has 1 aromatic heterocycles. The summed E-state index contributed by atoms with van der Waals surface area (Å²) in [5, 5.41) is 2.57. The standard InChI is InChI=1S/C18H18ClFN4O2/c1-12(25)23-6-8-24(9-7-23)14-3-5-17(21-11-14)18(26)22-13-2-4-16(20)15(19)10-13/h2-5,10-11H,6-9H2,1H3,(H,22,26). The van der Waals surface area contributed by atoms with Crippen LogP contribution in [0.25, 0.3) is 0 Å². The van der Waals surface area contributed by atoms with Crippen LogP contribution in [0.1, 0.15) is 17.4 Å². The number of piperazine rings is 1. The molecule has 1 saturated heterocycles. The number of rotatable bonds is 3. The van der Waals surface area contributed by atoms with Crippen LogP contribution in [0, 0.1) is 5.82 Å². The zero-order valence-electron chi connectivity index (χ0n) is 14.2. The maximum atomic E-state index is 13.2. The van der Waals surface area contributed by atoms with E-state index in [9.17, 15) is 14.0 Å². The van der Waals surface area contributed by atoms with Gasteiger partial charge in [0.15, 0.2) is 0 Å². The zero-order chi connectivity index (χ0) is 18.7. The van der Waals surface area contributed by atoms with Crippen LogP contribution < -0.4 is 10.2 Å². The van der Waals surface area contributed by atoms with Crippen molar-refractivity contribution >= 4 is 34.8 Å². The van der Waals surface area contributed by atoms with E-state index in [-0.39, 0.29) is 16.6 Å². The van der Waals surface area contributed by atoms with Crippen molar-refractivity contribution in [3.8, 4) is 0 Å². The van der Waals surface area contributed by atoms with E-state index < -0.39 is 11.7 Å². The summed E-state index contributed by atoms with van der Waals surface area (Å²) in [5.41, 5.74) is 1.54. The van der Waals surface area contributed by atoms with Crippen molar-refractivity contribution in [2.45, 2.75) is 6.92 Å². The molecule has 1 aromatic carbocycles. The van der Waals surface area contributed by atoms with Gasteiger partial charge in [-0.15, -0.1) is 0 Å². The molecule has 1 fully saturated rings. The summed E-state index contributed by atoms with van der Waals surface area (Å²) in [6.07, 6.45) is 1.63. The first kappa shape index (κ1) is 18.1. The minimum atomic E-state index is -0.544. The highest BCUT2D eigenvalue weighted by molar-refractivity contribution is 6.31. The fourth-order valence-electron chi connectivity index (χ4n) is 2.76. The summed E-state index contributed by atoms with van der Waals surface area (Å²) in [7, 11) is 0. The Labute approximate surface area is 155 Å². The van der Waals surface area contributed by atoms with Crippen molar-refractivity contribution < 1.29 is 14.0 Å². The van der Waals surface area contributed by atoms with E-state index in [0.29, 0.717) is 18.8 Å². The van der Waals surface area contributed by atoms with Crippen molar-refractivity contribution in [2.75, 3.05) is 36.4 Å². The molecule has 0 spiro atoms. The molecule has 1 N–H and O–H groups in total. The molecule has 8 heteroatoms. The Bertz CT molecular complexity index is 820. The first-order chi connectivity index (χ1) is 12.4. The van der Waals surface area contributed by atoms with Crippen molar-refractivity contribution in [2.24, 2.45) is 0 Å². The van der Waals surface area contributed by atoms with E-state index in [1.165, 1.54) is 18.2 Å². The lowest BCUT2D eigenvalue weighted by atomic mass is 10.2. The number of benzene rings is 1. The predicted octanol–water partition coefficient (Wildman–Crippen LogP) is 2.79. The third-order valence-electron chi connectivity index (χ3n) is 4.25. The Morgan fingerprint density at radius 3 is 2.46 bits per heavy atom. The molecule has 1 aliphatic heterocycles. The molecule has 0 aliphatic carbocycles. The fourth-order valence-corrected chi connectivity index (χ4v) is 2.94. The van der Waals surface area contributed by atoms with E-state index in [1.54, 1.807) is 24.1 Å². The van der Waals surface area contributed by atoms with E-state index in [1.807, 2.05) is 6.07 Å². The van der Waals surface area contributed by atoms with Crippen LogP contribution in [0.2, 0.25) is 5.02 Å². The molecule has 2 amide bonds. The number of halogens is 2. The molecule has 26 heavy (non-hydrogen) atoms. The summed E-state index contributed by atoms with van der Waals surface area (Å²) in [5.74, 6) is -0.867. The SMILES string of the molecule is CC(=O)N1CCN(c2ccc(C(=O)Nc3ccc(F)c(Cl)c3)nc2)CC1. The maximum Gasteiger partial charge on any atom is 0.274 e. The number of nitrogens with one attached hydrogen (secondary N) is 1. The van der Waals surface area contributed by atoms with Gasteiger partial charge in [0.1, 0.15) is 11.5 Å². The zero-order valence-corrected chi connectivity index (χ0v) is 15.0. The third kappa shape index (κ3) is 4.11. The molecular formula is C18H18ClFN4O2. The Balaban J connectivity index is 1.63. The molecule has 1 aliphatic rings. The van der Waals surface area contributed by atoms with Crippen LogP contribution in [-0.4, -0.2) is 47.9 Å². The second kappa shape index (κ2) is 7.70. The van der Waals surface area contributed by atoms with Gasteiger partial charge in [0.25, 0.3) is 5.91 Å². The van der Waals surface area contributed by atoms with E-state index in [0.717, 1.165) is 18.8 Å². The molecule has 6 nitrogen and oxygen atoms in total. The van der Waals surface area contributed by atoms with Gasteiger partial charge in [-0.3, -0.25) is 9.59 Å². The normalized spacial score (nSPS) is 14.3. The summed E-state index contributed by atoms with van der Waals surface area (Å²) < 4.78 is 13.2. The van der Waals surface area contributed by atoms with Gasteiger partial charge in [0, 0.05) is 38.8 Å². The van der Waals surface area contributed by atoms with Gasteiger partial charge in [-0.1, -0.05) is 11.6 Å². The van der Waals surface area contributed by atoms with Crippen LogP contribution in [0.5, 0.6) is 0 Å². The van der Waals surface area contributed by atoms with E-state index >= 15 is 0 Å². The van der Waals surface area contributed by atoms with Crippen molar-refractivity contribution in [3.05, 3.63) is 53.1 Å². The lowest BCUT2D eigenvalue weighted by molar-refractivity contribution is -0.129. The highest BCUT2D eigenvalue weighted by Gasteiger charge is 2.19. The van der Waals surface area contributed by atoms with Crippen molar-refractivity contribution in [1.29, 1.82) is 0 Å². The van der Waals surface area contributed by atoms with E-state index in [4.69, 9.17) is 11.6 Å². The number of aromatic nitrogens is 1. The molecule has 0 saturated carbocycles. The first-order valence-corrected chi connectivity index (χ1v) is 8.55. The molecule has 0 unspecified atom stereocenters. The number of pyridine rings is 1. The van der Waals surface area contributed by atoms with Gasteiger partial charge >= 0.3 is 0 Å². The Morgan fingerprint density at radius 1 is 1.15 bits per heavy atom. The number of anilines is 2. The Kier molecular flexibility index (Phi) is 5.37. The second-order valence-corrected chi connectivity index (χ2v) is 6.38. The highest BCUT2D eigenvalue weighted by atomic mass is 35.5. The lowest BCUT2D eigenvalue weighted by Crippen LogP contribution is -2.48. The fraction of sp³-hybridized carbons (Fsp3) is 0.278. The molecule has 2 heterocycles. The van der Waals surface area contributed by atoms with Crippen LogP contribution in [-0.2, 0) is 4.79 Å². The Hall–Kier alpha value is -2.67. The number of hydrogen-bond acceptors (Lipinski definition) is 4. The van der Waals surface area contributed by atoms with Crippen molar-refractivity contribution in [1.82, 2.24) is 9.88 Å². The van der Waals surface area contributed by atoms with Gasteiger partial charge in [-0.25, -0.2) is 9.37 Å². The molecular weight excluding hydrogens is 359 g/mol. The van der Waals surface area contributed by atoms with Crippen LogP contribution in [0.4, 0.5) is 15.8 Å². The lowest BCUT2D eigenvalue weighted by Gasteiger charge is -2.35.